The molecule has 0 amide bonds. The number of benzene rings is 1. The Hall–Kier alpha value is -0.730. The van der Waals surface area contributed by atoms with Crippen molar-refractivity contribution in [2.75, 3.05) is 13.2 Å². The third kappa shape index (κ3) is 2.93. The summed E-state index contributed by atoms with van der Waals surface area (Å²) in [5, 5.41) is 0. The Morgan fingerprint density at radius 1 is 1.24 bits per heavy atom. The predicted molar refractivity (Wildman–Crippen MR) is 71.8 cm³/mol. The van der Waals surface area contributed by atoms with Gasteiger partial charge >= 0.3 is 0 Å². The summed E-state index contributed by atoms with van der Waals surface area (Å²) in [4.78, 5) is 0. The maximum atomic E-state index is 5.91. The van der Waals surface area contributed by atoms with Crippen molar-refractivity contribution in [3.8, 4) is 5.75 Å². The Morgan fingerprint density at radius 3 is 2.65 bits per heavy atom. The molecule has 0 saturated heterocycles. The average Bonchev–Trinajstić information content (AvgIpc) is 3.20. The van der Waals surface area contributed by atoms with Crippen molar-refractivity contribution in [2.24, 2.45) is 17.6 Å². The first-order valence-electron chi connectivity index (χ1n) is 6.30. The van der Waals surface area contributed by atoms with Gasteiger partial charge < -0.3 is 10.5 Å². The van der Waals surface area contributed by atoms with E-state index in [0.717, 1.165) is 24.8 Å². The Morgan fingerprint density at radius 2 is 2.00 bits per heavy atom. The van der Waals surface area contributed by atoms with E-state index in [9.17, 15) is 0 Å². The normalized spacial score (nSPS) is 26.2. The van der Waals surface area contributed by atoms with Crippen LogP contribution in [0.15, 0.2) is 24.3 Å². The number of hydrogen-bond acceptors (Lipinski definition) is 2. The molecule has 2 N–H and O–H groups in total. The van der Waals surface area contributed by atoms with Crippen molar-refractivity contribution >= 4 is 12.4 Å². The molecule has 0 heterocycles. The zero-order chi connectivity index (χ0) is 11.0. The Bertz CT molecular complexity index is 378. The highest BCUT2D eigenvalue weighted by atomic mass is 35.5. The minimum Gasteiger partial charge on any atom is -0.493 e. The number of hydrogen-bond donors (Lipinski definition) is 1. The minimum absolute atomic E-state index is 0. The lowest BCUT2D eigenvalue weighted by Crippen LogP contribution is -2.04. The van der Waals surface area contributed by atoms with Crippen LogP contribution in [0.2, 0.25) is 0 Å². The molecule has 1 aromatic rings. The second-order valence-corrected chi connectivity index (χ2v) is 5.13. The molecule has 2 nitrogen and oxygen atoms in total. The zero-order valence-corrected chi connectivity index (χ0v) is 10.8. The quantitative estimate of drug-likeness (QED) is 0.876. The van der Waals surface area contributed by atoms with Crippen LogP contribution in [0.3, 0.4) is 0 Å². The lowest BCUT2D eigenvalue weighted by atomic mass is 10.1. The molecular formula is C14H20ClNO. The largest absolute Gasteiger partial charge is 0.493 e. The van der Waals surface area contributed by atoms with Gasteiger partial charge in [0.15, 0.2) is 0 Å². The monoisotopic (exact) mass is 253 g/mol. The summed E-state index contributed by atoms with van der Waals surface area (Å²) in [6.45, 7) is 1.71. The second kappa shape index (κ2) is 5.28. The van der Waals surface area contributed by atoms with Crippen LogP contribution in [-0.4, -0.2) is 13.2 Å². The molecule has 17 heavy (non-hydrogen) atoms. The first-order chi connectivity index (χ1) is 7.88. The van der Waals surface area contributed by atoms with Crippen molar-refractivity contribution in [2.45, 2.75) is 25.2 Å². The number of ether oxygens (including phenoxy) is 1. The number of para-hydroxylation sites is 1. The van der Waals surface area contributed by atoms with Gasteiger partial charge in [-0.25, -0.2) is 0 Å². The first-order valence-corrected chi connectivity index (χ1v) is 6.30. The Labute approximate surface area is 109 Å². The first kappa shape index (κ1) is 12.7. The van der Waals surface area contributed by atoms with Gasteiger partial charge in [0.25, 0.3) is 0 Å². The van der Waals surface area contributed by atoms with Gasteiger partial charge in [-0.1, -0.05) is 18.2 Å². The van der Waals surface area contributed by atoms with E-state index in [1.54, 1.807) is 0 Å². The highest BCUT2D eigenvalue weighted by Crippen LogP contribution is 2.49. The summed E-state index contributed by atoms with van der Waals surface area (Å²) < 4.78 is 5.91. The number of nitrogens with two attached hydrogens (primary N) is 1. The van der Waals surface area contributed by atoms with Crippen LogP contribution in [0.1, 0.15) is 30.7 Å². The van der Waals surface area contributed by atoms with Crippen molar-refractivity contribution in [3.63, 3.8) is 0 Å². The molecule has 2 saturated carbocycles. The molecule has 0 aliphatic heterocycles. The SMILES string of the molecule is Cl.NC[C@H]1C[C@@H]1c1ccccc1OCC1CC1. The molecule has 0 aromatic heterocycles. The fraction of sp³-hybridized carbons (Fsp3) is 0.571. The molecule has 0 unspecified atom stereocenters. The molecule has 0 radical (unpaired) electrons. The van der Waals surface area contributed by atoms with E-state index in [-0.39, 0.29) is 12.4 Å². The standard InChI is InChI=1S/C14H19NO.ClH/c15-8-11-7-13(11)12-3-1-2-4-14(12)16-9-10-5-6-10;/h1-4,10-11,13H,5-9,15H2;1H/t11-,13+;/m1./s1. The molecule has 2 atom stereocenters. The van der Waals surface area contributed by atoms with E-state index in [2.05, 4.69) is 24.3 Å². The maximum absolute atomic E-state index is 5.91. The van der Waals surface area contributed by atoms with Crippen LogP contribution < -0.4 is 10.5 Å². The van der Waals surface area contributed by atoms with Gasteiger partial charge in [-0.3, -0.25) is 0 Å². The lowest BCUT2D eigenvalue weighted by Gasteiger charge is -2.10. The third-order valence-corrected chi connectivity index (χ3v) is 3.72. The summed E-state index contributed by atoms with van der Waals surface area (Å²) in [5.74, 6) is 3.25. The van der Waals surface area contributed by atoms with Crippen LogP contribution in [0.4, 0.5) is 0 Å². The summed E-state index contributed by atoms with van der Waals surface area (Å²) in [5.41, 5.74) is 7.08. The minimum atomic E-state index is 0. The Kier molecular flexibility index (Phi) is 3.95. The zero-order valence-electron chi connectivity index (χ0n) is 9.97. The van der Waals surface area contributed by atoms with E-state index in [0.29, 0.717) is 11.8 Å². The molecule has 2 fully saturated rings. The predicted octanol–water partition coefficient (Wildman–Crippen LogP) is 2.96. The fourth-order valence-corrected chi connectivity index (χ4v) is 2.30. The molecular weight excluding hydrogens is 234 g/mol. The topological polar surface area (TPSA) is 35.2 Å². The third-order valence-electron chi connectivity index (χ3n) is 3.72. The molecule has 3 heteroatoms. The van der Waals surface area contributed by atoms with Gasteiger partial charge in [0.05, 0.1) is 6.61 Å². The molecule has 2 aliphatic rings. The molecule has 1 aromatic carbocycles. The lowest BCUT2D eigenvalue weighted by molar-refractivity contribution is 0.296. The number of rotatable bonds is 5. The Balaban J connectivity index is 0.00000108. The van der Waals surface area contributed by atoms with E-state index in [4.69, 9.17) is 10.5 Å². The smallest absolute Gasteiger partial charge is 0.122 e. The molecule has 0 bridgehead atoms. The van der Waals surface area contributed by atoms with Crippen LogP contribution in [0.5, 0.6) is 5.75 Å². The van der Waals surface area contributed by atoms with Gasteiger partial charge in [-0.15, -0.1) is 12.4 Å². The average molecular weight is 254 g/mol. The molecule has 3 rings (SSSR count). The summed E-state index contributed by atoms with van der Waals surface area (Å²) in [6.07, 6.45) is 3.92. The van der Waals surface area contributed by atoms with Gasteiger partial charge in [0.1, 0.15) is 5.75 Å². The summed E-state index contributed by atoms with van der Waals surface area (Å²) >= 11 is 0. The summed E-state index contributed by atoms with van der Waals surface area (Å²) in [6, 6.07) is 8.46. The van der Waals surface area contributed by atoms with Crippen molar-refractivity contribution in [3.05, 3.63) is 29.8 Å². The maximum Gasteiger partial charge on any atom is 0.122 e. The van der Waals surface area contributed by atoms with Crippen molar-refractivity contribution in [1.82, 2.24) is 0 Å². The summed E-state index contributed by atoms with van der Waals surface area (Å²) in [7, 11) is 0. The van der Waals surface area contributed by atoms with E-state index in [1.807, 2.05) is 0 Å². The van der Waals surface area contributed by atoms with Crippen LogP contribution in [-0.2, 0) is 0 Å². The second-order valence-electron chi connectivity index (χ2n) is 5.13. The highest BCUT2D eigenvalue weighted by Gasteiger charge is 2.38. The van der Waals surface area contributed by atoms with Gasteiger partial charge in [-0.05, 0) is 55.2 Å². The van der Waals surface area contributed by atoms with E-state index < -0.39 is 0 Å². The van der Waals surface area contributed by atoms with Crippen molar-refractivity contribution < 1.29 is 4.74 Å². The van der Waals surface area contributed by atoms with Crippen LogP contribution >= 0.6 is 12.4 Å². The molecule has 0 spiro atoms. The number of halogens is 1. The van der Waals surface area contributed by atoms with Gasteiger partial charge in [-0.2, -0.15) is 0 Å². The van der Waals surface area contributed by atoms with Crippen LogP contribution in [0.25, 0.3) is 0 Å². The van der Waals surface area contributed by atoms with Gasteiger partial charge in [0, 0.05) is 0 Å². The van der Waals surface area contributed by atoms with E-state index in [1.165, 1.54) is 24.8 Å². The molecule has 2 aliphatic carbocycles. The highest BCUT2D eigenvalue weighted by molar-refractivity contribution is 5.85. The van der Waals surface area contributed by atoms with Crippen molar-refractivity contribution in [1.29, 1.82) is 0 Å². The van der Waals surface area contributed by atoms with Gasteiger partial charge in [0.2, 0.25) is 0 Å². The van der Waals surface area contributed by atoms with Crippen LogP contribution in [0, 0.1) is 11.8 Å². The molecule has 94 valence electrons. The van der Waals surface area contributed by atoms with E-state index >= 15 is 0 Å². The fourth-order valence-electron chi connectivity index (χ4n) is 2.30.